The highest BCUT2D eigenvalue weighted by molar-refractivity contribution is 8.18. The zero-order chi connectivity index (χ0) is 17.4. The van der Waals surface area contributed by atoms with E-state index in [1.54, 1.807) is 12.3 Å². The summed E-state index contributed by atoms with van der Waals surface area (Å²) in [4.78, 5) is 27.9. The van der Waals surface area contributed by atoms with Crippen LogP contribution in [0.5, 0.6) is 0 Å². The van der Waals surface area contributed by atoms with Gasteiger partial charge in [-0.2, -0.15) is 0 Å². The van der Waals surface area contributed by atoms with Crippen LogP contribution in [0.25, 0.3) is 17.0 Å². The number of hydrogen-bond donors (Lipinski definition) is 1. The standard InChI is InChI=1S/C18H12ClN3O2S/c19-12-4-5-15-14(8-12)11(7-16-17(23)21-18(24)25-16)9-22(15)10-13-3-1-2-6-20-13/h1-9H,10H2,(H,21,23,24)/b16-7-. The van der Waals surface area contributed by atoms with E-state index in [9.17, 15) is 9.59 Å². The molecule has 1 saturated heterocycles. The maximum Gasteiger partial charge on any atom is 0.290 e. The van der Waals surface area contributed by atoms with Gasteiger partial charge in [0.1, 0.15) is 0 Å². The van der Waals surface area contributed by atoms with Crippen LogP contribution in [0.15, 0.2) is 53.7 Å². The Bertz CT molecular complexity index is 1030. The van der Waals surface area contributed by atoms with Crippen LogP contribution in [-0.2, 0) is 11.3 Å². The van der Waals surface area contributed by atoms with Crippen molar-refractivity contribution >= 4 is 51.5 Å². The Balaban J connectivity index is 1.82. The van der Waals surface area contributed by atoms with E-state index < -0.39 is 0 Å². The van der Waals surface area contributed by atoms with Crippen molar-refractivity contribution in [3.05, 3.63) is 70.0 Å². The second-order valence-corrected chi connectivity index (χ2v) is 7.00. The van der Waals surface area contributed by atoms with Crippen molar-refractivity contribution in [3.63, 3.8) is 0 Å². The van der Waals surface area contributed by atoms with Gasteiger partial charge in [0.05, 0.1) is 17.1 Å². The Morgan fingerprint density at radius 1 is 1.24 bits per heavy atom. The summed E-state index contributed by atoms with van der Waals surface area (Å²) in [7, 11) is 0. The Kier molecular flexibility index (Phi) is 4.07. The van der Waals surface area contributed by atoms with Gasteiger partial charge in [0.15, 0.2) is 0 Å². The van der Waals surface area contributed by atoms with Gasteiger partial charge in [0, 0.05) is 33.9 Å². The number of benzene rings is 1. The average molecular weight is 370 g/mol. The zero-order valence-electron chi connectivity index (χ0n) is 12.9. The van der Waals surface area contributed by atoms with Crippen LogP contribution in [0.1, 0.15) is 11.3 Å². The lowest BCUT2D eigenvalue weighted by atomic mass is 10.1. The van der Waals surface area contributed by atoms with Gasteiger partial charge < -0.3 is 4.57 Å². The maximum atomic E-state index is 11.8. The van der Waals surface area contributed by atoms with Crippen LogP contribution >= 0.6 is 23.4 Å². The number of nitrogens with one attached hydrogen (secondary N) is 1. The van der Waals surface area contributed by atoms with E-state index in [1.807, 2.05) is 42.6 Å². The van der Waals surface area contributed by atoms with Crippen LogP contribution in [0.2, 0.25) is 5.02 Å². The van der Waals surface area contributed by atoms with Crippen LogP contribution in [0, 0.1) is 0 Å². The van der Waals surface area contributed by atoms with E-state index in [2.05, 4.69) is 14.9 Å². The molecule has 1 fully saturated rings. The molecule has 2 amide bonds. The summed E-state index contributed by atoms with van der Waals surface area (Å²) in [6.07, 6.45) is 5.42. The molecule has 0 saturated carbocycles. The van der Waals surface area contributed by atoms with Crippen LogP contribution in [0.4, 0.5) is 4.79 Å². The van der Waals surface area contributed by atoms with Crippen molar-refractivity contribution in [3.8, 4) is 0 Å². The second-order valence-electron chi connectivity index (χ2n) is 5.55. The molecule has 1 aliphatic rings. The summed E-state index contributed by atoms with van der Waals surface area (Å²) in [5.41, 5.74) is 2.74. The molecular weight excluding hydrogens is 358 g/mol. The van der Waals surface area contributed by atoms with Crippen LogP contribution in [-0.4, -0.2) is 20.7 Å². The lowest BCUT2D eigenvalue weighted by Gasteiger charge is -2.04. The molecule has 3 heterocycles. The topological polar surface area (TPSA) is 64.0 Å². The number of amides is 2. The van der Waals surface area contributed by atoms with E-state index >= 15 is 0 Å². The smallest absolute Gasteiger partial charge is 0.290 e. The van der Waals surface area contributed by atoms with Gasteiger partial charge in [0.2, 0.25) is 0 Å². The minimum atomic E-state index is -0.373. The van der Waals surface area contributed by atoms with Gasteiger partial charge in [-0.3, -0.25) is 19.9 Å². The molecule has 4 rings (SSSR count). The number of carbonyl (C=O) groups excluding carboxylic acids is 2. The summed E-state index contributed by atoms with van der Waals surface area (Å²) in [5.74, 6) is -0.373. The van der Waals surface area contributed by atoms with Gasteiger partial charge in [-0.05, 0) is 48.2 Å². The number of thioether (sulfide) groups is 1. The molecule has 0 unspecified atom stereocenters. The molecule has 1 N–H and O–H groups in total. The number of pyridine rings is 1. The first-order chi connectivity index (χ1) is 12.1. The third kappa shape index (κ3) is 3.18. The van der Waals surface area contributed by atoms with Crippen molar-refractivity contribution < 1.29 is 9.59 Å². The quantitative estimate of drug-likeness (QED) is 0.707. The Morgan fingerprint density at radius 3 is 2.84 bits per heavy atom. The average Bonchev–Trinajstić information content (AvgIpc) is 3.08. The molecular formula is C18H12ClN3O2S. The first-order valence-electron chi connectivity index (χ1n) is 7.53. The van der Waals surface area contributed by atoms with Crippen molar-refractivity contribution in [2.24, 2.45) is 0 Å². The normalized spacial score (nSPS) is 16.0. The van der Waals surface area contributed by atoms with Gasteiger partial charge in [0.25, 0.3) is 11.1 Å². The number of nitrogens with zero attached hydrogens (tertiary/aromatic N) is 2. The minimum absolute atomic E-state index is 0.355. The molecule has 0 spiro atoms. The van der Waals surface area contributed by atoms with E-state index in [0.29, 0.717) is 16.5 Å². The maximum absolute atomic E-state index is 11.8. The highest BCUT2D eigenvalue weighted by Gasteiger charge is 2.25. The molecule has 1 aromatic carbocycles. The molecule has 2 aromatic heterocycles. The van der Waals surface area contributed by atoms with E-state index in [-0.39, 0.29) is 11.1 Å². The van der Waals surface area contributed by atoms with Gasteiger partial charge in [-0.1, -0.05) is 17.7 Å². The highest BCUT2D eigenvalue weighted by Crippen LogP contribution is 2.31. The van der Waals surface area contributed by atoms with Crippen LogP contribution in [0.3, 0.4) is 0 Å². The monoisotopic (exact) mass is 369 g/mol. The summed E-state index contributed by atoms with van der Waals surface area (Å²) >= 11 is 7.05. The molecule has 7 heteroatoms. The van der Waals surface area contributed by atoms with Gasteiger partial charge in [-0.25, -0.2) is 0 Å². The summed E-state index contributed by atoms with van der Waals surface area (Å²) < 4.78 is 2.06. The summed E-state index contributed by atoms with van der Waals surface area (Å²) in [6, 6.07) is 11.4. The fourth-order valence-electron chi connectivity index (χ4n) is 2.77. The Labute approximate surface area is 152 Å². The molecule has 124 valence electrons. The number of rotatable bonds is 3. The van der Waals surface area contributed by atoms with E-state index in [0.717, 1.165) is 33.9 Å². The van der Waals surface area contributed by atoms with Crippen LogP contribution < -0.4 is 5.32 Å². The van der Waals surface area contributed by atoms with Crippen molar-refractivity contribution in [1.29, 1.82) is 0 Å². The van der Waals surface area contributed by atoms with Crippen molar-refractivity contribution in [2.75, 3.05) is 0 Å². The van der Waals surface area contributed by atoms with Crippen molar-refractivity contribution in [1.82, 2.24) is 14.9 Å². The van der Waals surface area contributed by atoms with Crippen molar-refractivity contribution in [2.45, 2.75) is 6.54 Å². The molecule has 0 bridgehead atoms. The lowest BCUT2D eigenvalue weighted by molar-refractivity contribution is -0.115. The molecule has 0 radical (unpaired) electrons. The minimum Gasteiger partial charge on any atom is -0.341 e. The third-order valence-electron chi connectivity index (χ3n) is 3.86. The number of halogens is 1. The Morgan fingerprint density at radius 2 is 2.12 bits per heavy atom. The Hall–Kier alpha value is -2.57. The predicted octanol–water partition coefficient (Wildman–Crippen LogP) is 4.06. The van der Waals surface area contributed by atoms with Gasteiger partial charge in [-0.15, -0.1) is 0 Å². The second kappa shape index (κ2) is 6.38. The molecule has 25 heavy (non-hydrogen) atoms. The third-order valence-corrected chi connectivity index (χ3v) is 4.91. The molecule has 1 aliphatic heterocycles. The predicted molar refractivity (Wildman–Crippen MR) is 99.4 cm³/mol. The fraction of sp³-hybridized carbons (Fsp3) is 0.0556. The summed E-state index contributed by atoms with van der Waals surface area (Å²) in [5, 5.41) is 3.45. The number of hydrogen-bond acceptors (Lipinski definition) is 4. The molecule has 5 nitrogen and oxygen atoms in total. The van der Waals surface area contributed by atoms with E-state index in [1.165, 1.54) is 0 Å². The number of imide groups is 1. The molecule has 0 atom stereocenters. The SMILES string of the molecule is O=C1NC(=O)/C(=C/c2cn(Cc3ccccn3)c3ccc(Cl)cc23)S1. The lowest BCUT2D eigenvalue weighted by Crippen LogP contribution is -2.17. The summed E-state index contributed by atoms with van der Waals surface area (Å²) in [6.45, 7) is 0.598. The number of aromatic nitrogens is 2. The molecule has 3 aromatic rings. The highest BCUT2D eigenvalue weighted by atomic mass is 35.5. The largest absolute Gasteiger partial charge is 0.341 e. The number of fused-ring (bicyclic) bond motifs is 1. The number of carbonyl (C=O) groups is 2. The fourth-order valence-corrected chi connectivity index (χ4v) is 3.62. The molecule has 0 aliphatic carbocycles. The zero-order valence-corrected chi connectivity index (χ0v) is 14.5. The van der Waals surface area contributed by atoms with Gasteiger partial charge >= 0.3 is 0 Å². The first-order valence-corrected chi connectivity index (χ1v) is 8.73. The van der Waals surface area contributed by atoms with E-state index in [4.69, 9.17) is 11.6 Å². The first kappa shape index (κ1) is 15.9.